The lowest BCUT2D eigenvalue weighted by Gasteiger charge is -2.14. The van der Waals surface area contributed by atoms with Crippen molar-refractivity contribution in [2.75, 3.05) is 25.6 Å². The topological polar surface area (TPSA) is 76.1 Å². The normalized spacial score (nSPS) is 11.2. The lowest BCUT2D eigenvalue weighted by molar-refractivity contribution is -0.136. The number of hydrogen-bond acceptors (Lipinski definition) is 5. The van der Waals surface area contributed by atoms with Gasteiger partial charge in [-0.25, -0.2) is 9.97 Å². The molecule has 0 saturated carbocycles. The summed E-state index contributed by atoms with van der Waals surface area (Å²) in [5.74, 6) is -0.637. The van der Waals surface area contributed by atoms with Crippen LogP contribution in [0.2, 0.25) is 5.02 Å². The second-order valence-electron chi connectivity index (χ2n) is 4.83. The molecule has 1 heterocycles. The number of carbonyl (C=O) groups excluding carboxylic acids is 1. The first-order valence-corrected chi connectivity index (χ1v) is 7.43. The Balaban J connectivity index is 2.22. The molecule has 0 fully saturated rings. The Morgan fingerprint density at radius 3 is 2.76 bits per heavy atom. The van der Waals surface area contributed by atoms with Crippen molar-refractivity contribution in [1.29, 1.82) is 0 Å². The standard InChI is InChI=1S/C15H14ClF3N4O2/c1-25-7-6-20-13(24)12-4-5-21-14(23-12)22-11-3-2-9(16)8-10(11)15(17,18)19/h2-5,8H,6-7H2,1H3,(H,20,24)(H,21,22,23). The van der Waals surface area contributed by atoms with Crippen molar-refractivity contribution in [1.82, 2.24) is 15.3 Å². The van der Waals surface area contributed by atoms with Gasteiger partial charge in [0.2, 0.25) is 5.95 Å². The molecule has 0 aliphatic carbocycles. The van der Waals surface area contributed by atoms with Gasteiger partial charge in [-0.15, -0.1) is 0 Å². The molecule has 0 aliphatic heterocycles. The number of ether oxygens (including phenoxy) is 1. The Kier molecular flexibility index (Phi) is 6.16. The summed E-state index contributed by atoms with van der Waals surface area (Å²) in [5.41, 5.74) is -1.22. The van der Waals surface area contributed by atoms with Crippen LogP contribution in [0.1, 0.15) is 16.1 Å². The van der Waals surface area contributed by atoms with Crippen molar-refractivity contribution in [3.05, 3.63) is 46.7 Å². The molecule has 6 nitrogen and oxygen atoms in total. The highest BCUT2D eigenvalue weighted by molar-refractivity contribution is 6.30. The molecule has 134 valence electrons. The van der Waals surface area contributed by atoms with Gasteiger partial charge in [-0.1, -0.05) is 11.6 Å². The Hall–Kier alpha value is -2.39. The van der Waals surface area contributed by atoms with Crippen LogP contribution >= 0.6 is 11.6 Å². The SMILES string of the molecule is COCCNC(=O)c1ccnc(Nc2ccc(Cl)cc2C(F)(F)F)n1. The maximum atomic E-state index is 13.1. The first kappa shape index (κ1) is 18.9. The van der Waals surface area contributed by atoms with Gasteiger partial charge in [0.15, 0.2) is 0 Å². The van der Waals surface area contributed by atoms with E-state index in [1.165, 1.54) is 31.5 Å². The fourth-order valence-electron chi connectivity index (χ4n) is 1.88. The number of aromatic nitrogens is 2. The van der Waals surface area contributed by atoms with E-state index in [0.717, 1.165) is 6.07 Å². The van der Waals surface area contributed by atoms with Gasteiger partial charge in [0, 0.05) is 24.9 Å². The van der Waals surface area contributed by atoms with Gasteiger partial charge in [-0.3, -0.25) is 4.79 Å². The number of nitrogens with zero attached hydrogens (tertiary/aromatic N) is 2. The van der Waals surface area contributed by atoms with Crippen molar-refractivity contribution < 1.29 is 22.7 Å². The third kappa shape index (κ3) is 5.30. The third-order valence-corrected chi connectivity index (χ3v) is 3.25. The van der Waals surface area contributed by atoms with E-state index in [9.17, 15) is 18.0 Å². The monoisotopic (exact) mass is 374 g/mol. The summed E-state index contributed by atoms with van der Waals surface area (Å²) in [5, 5.41) is 4.97. The summed E-state index contributed by atoms with van der Waals surface area (Å²) in [6, 6.07) is 4.62. The molecule has 0 aliphatic rings. The van der Waals surface area contributed by atoms with Crippen molar-refractivity contribution in [3.8, 4) is 0 Å². The molecule has 0 unspecified atom stereocenters. The average molecular weight is 375 g/mol. The van der Waals surface area contributed by atoms with E-state index in [1.807, 2.05) is 0 Å². The van der Waals surface area contributed by atoms with E-state index in [-0.39, 0.29) is 28.9 Å². The minimum Gasteiger partial charge on any atom is -0.383 e. The first-order chi connectivity index (χ1) is 11.8. The minimum absolute atomic E-state index is 0.0103. The summed E-state index contributed by atoms with van der Waals surface area (Å²) in [6.07, 6.45) is -3.34. The van der Waals surface area contributed by atoms with E-state index in [2.05, 4.69) is 20.6 Å². The second kappa shape index (κ2) is 8.13. The fourth-order valence-corrected chi connectivity index (χ4v) is 2.06. The van der Waals surface area contributed by atoms with Gasteiger partial charge < -0.3 is 15.4 Å². The highest BCUT2D eigenvalue weighted by Crippen LogP contribution is 2.37. The fraction of sp³-hybridized carbons (Fsp3) is 0.267. The number of halogens is 4. The number of anilines is 2. The Morgan fingerprint density at radius 1 is 1.32 bits per heavy atom. The van der Waals surface area contributed by atoms with Gasteiger partial charge >= 0.3 is 6.18 Å². The van der Waals surface area contributed by atoms with Crippen LogP contribution in [0.3, 0.4) is 0 Å². The molecular weight excluding hydrogens is 361 g/mol. The van der Waals surface area contributed by atoms with Gasteiger partial charge in [0.25, 0.3) is 5.91 Å². The smallest absolute Gasteiger partial charge is 0.383 e. The van der Waals surface area contributed by atoms with Crippen LogP contribution in [0.5, 0.6) is 0 Å². The van der Waals surface area contributed by atoms with Crippen LogP contribution < -0.4 is 10.6 Å². The maximum Gasteiger partial charge on any atom is 0.418 e. The van der Waals surface area contributed by atoms with Crippen LogP contribution in [-0.4, -0.2) is 36.1 Å². The summed E-state index contributed by atoms with van der Waals surface area (Å²) in [7, 11) is 1.49. The van der Waals surface area contributed by atoms with E-state index in [1.54, 1.807) is 0 Å². The van der Waals surface area contributed by atoms with Gasteiger partial charge in [-0.2, -0.15) is 13.2 Å². The number of benzene rings is 1. The van der Waals surface area contributed by atoms with E-state index < -0.39 is 17.6 Å². The van der Waals surface area contributed by atoms with Crippen molar-refractivity contribution in [2.45, 2.75) is 6.18 Å². The minimum atomic E-state index is -4.61. The summed E-state index contributed by atoms with van der Waals surface area (Å²) >= 11 is 5.63. The Morgan fingerprint density at radius 2 is 2.08 bits per heavy atom. The van der Waals surface area contributed by atoms with Crippen LogP contribution in [0.15, 0.2) is 30.5 Å². The molecule has 0 spiro atoms. The molecule has 1 aromatic heterocycles. The number of hydrogen-bond donors (Lipinski definition) is 2. The number of nitrogens with one attached hydrogen (secondary N) is 2. The summed E-state index contributed by atoms with van der Waals surface area (Å²) in [6.45, 7) is 0.596. The zero-order valence-corrected chi connectivity index (χ0v) is 13.8. The molecule has 2 rings (SSSR count). The van der Waals surface area contributed by atoms with Crippen LogP contribution in [0.4, 0.5) is 24.8 Å². The quantitative estimate of drug-likeness (QED) is 0.759. The first-order valence-electron chi connectivity index (χ1n) is 7.05. The summed E-state index contributed by atoms with van der Waals surface area (Å²) in [4.78, 5) is 19.7. The molecule has 0 radical (unpaired) electrons. The third-order valence-electron chi connectivity index (χ3n) is 3.01. The molecule has 25 heavy (non-hydrogen) atoms. The highest BCUT2D eigenvalue weighted by Gasteiger charge is 2.34. The average Bonchev–Trinajstić information content (AvgIpc) is 2.56. The van der Waals surface area contributed by atoms with E-state index in [4.69, 9.17) is 16.3 Å². The zero-order chi connectivity index (χ0) is 18.4. The lowest BCUT2D eigenvalue weighted by atomic mass is 10.1. The molecule has 10 heteroatoms. The van der Waals surface area contributed by atoms with E-state index in [0.29, 0.717) is 6.61 Å². The van der Waals surface area contributed by atoms with Crippen molar-refractivity contribution in [3.63, 3.8) is 0 Å². The molecule has 0 atom stereocenters. The molecule has 0 saturated heterocycles. The predicted molar refractivity (Wildman–Crippen MR) is 86.0 cm³/mol. The molecule has 0 bridgehead atoms. The lowest BCUT2D eigenvalue weighted by Crippen LogP contribution is -2.27. The second-order valence-corrected chi connectivity index (χ2v) is 5.26. The van der Waals surface area contributed by atoms with Crippen molar-refractivity contribution in [2.24, 2.45) is 0 Å². The highest BCUT2D eigenvalue weighted by atomic mass is 35.5. The van der Waals surface area contributed by atoms with Crippen molar-refractivity contribution >= 4 is 29.1 Å². The molecule has 1 aromatic carbocycles. The van der Waals surface area contributed by atoms with Gasteiger partial charge in [0.1, 0.15) is 5.69 Å². The van der Waals surface area contributed by atoms with E-state index >= 15 is 0 Å². The van der Waals surface area contributed by atoms with Crippen LogP contribution in [0.25, 0.3) is 0 Å². The van der Waals surface area contributed by atoms with Crippen LogP contribution in [-0.2, 0) is 10.9 Å². The van der Waals surface area contributed by atoms with Crippen LogP contribution in [0, 0.1) is 0 Å². The molecule has 2 aromatic rings. The Bertz CT molecular complexity index is 756. The zero-order valence-electron chi connectivity index (χ0n) is 13.0. The number of rotatable bonds is 6. The number of carbonyl (C=O) groups is 1. The Labute approximate surface area is 146 Å². The predicted octanol–water partition coefficient (Wildman–Crippen LogP) is 3.27. The molecule has 2 N–H and O–H groups in total. The van der Waals surface area contributed by atoms with Gasteiger partial charge in [-0.05, 0) is 24.3 Å². The number of amides is 1. The largest absolute Gasteiger partial charge is 0.418 e. The molecule has 1 amide bonds. The van der Waals surface area contributed by atoms with Gasteiger partial charge in [0.05, 0.1) is 17.9 Å². The molecular formula is C15H14ClF3N4O2. The maximum absolute atomic E-state index is 13.1. The number of alkyl halides is 3. The number of methoxy groups -OCH3 is 1. The summed E-state index contributed by atoms with van der Waals surface area (Å²) < 4.78 is 44.1.